The third-order valence-corrected chi connectivity index (χ3v) is 10.0. The summed E-state index contributed by atoms with van der Waals surface area (Å²) in [6.45, 7) is 9.50. The first-order valence-electron chi connectivity index (χ1n) is 12.3. The van der Waals surface area contributed by atoms with Gasteiger partial charge in [-0.15, -0.1) is 0 Å². The van der Waals surface area contributed by atoms with E-state index in [1.165, 1.54) is 44.1 Å². The van der Waals surface area contributed by atoms with Gasteiger partial charge in [0.15, 0.2) is 0 Å². The number of hydrogen-bond acceptors (Lipinski definition) is 3. The average molecular weight is 410 g/mol. The van der Waals surface area contributed by atoms with Gasteiger partial charge in [0.25, 0.3) is 0 Å². The van der Waals surface area contributed by atoms with Crippen LogP contribution in [0, 0.1) is 41.4 Å². The van der Waals surface area contributed by atoms with Gasteiger partial charge in [-0.05, 0) is 105 Å². The van der Waals surface area contributed by atoms with Crippen molar-refractivity contribution < 1.29 is 9.84 Å². The second-order valence-corrected chi connectivity index (χ2v) is 11.3. The predicted molar refractivity (Wildman–Crippen MR) is 120 cm³/mol. The van der Waals surface area contributed by atoms with Crippen molar-refractivity contribution >= 4 is 0 Å². The SMILES string of the molecule is Cc1ccncc1O[C@@H](C)[C@H]1CC[C@H]2[C@@H]3CC=C4C[C@@H](O)CC[C@]4(C)[C@H]3CC[C@]12C. The lowest BCUT2D eigenvalue weighted by atomic mass is 9.47. The van der Waals surface area contributed by atoms with E-state index in [0.29, 0.717) is 16.7 Å². The number of fused-ring (bicyclic) bond motifs is 5. The molecule has 0 aromatic carbocycles. The average Bonchev–Trinajstić information content (AvgIpc) is 3.07. The molecule has 0 unspecified atom stereocenters. The number of ether oxygens (including phenoxy) is 1. The Morgan fingerprint density at radius 3 is 2.77 bits per heavy atom. The van der Waals surface area contributed by atoms with E-state index in [-0.39, 0.29) is 12.2 Å². The third kappa shape index (κ3) is 3.06. The highest BCUT2D eigenvalue weighted by molar-refractivity contribution is 5.29. The van der Waals surface area contributed by atoms with Crippen LogP contribution in [0.15, 0.2) is 30.1 Å². The van der Waals surface area contributed by atoms with Crippen LogP contribution in [0.3, 0.4) is 0 Å². The van der Waals surface area contributed by atoms with Crippen molar-refractivity contribution in [3.8, 4) is 5.75 Å². The van der Waals surface area contributed by atoms with Gasteiger partial charge in [-0.1, -0.05) is 25.5 Å². The summed E-state index contributed by atoms with van der Waals surface area (Å²) in [6, 6.07) is 2.04. The molecule has 1 N–H and O–H groups in total. The Morgan fingerprint density at radius 1 is 1.13 bits per heavy atom. The molecule has 1 aromatic heterocycles. The molecule has 1 heterocycles. The molecule has 0 saturated heterocycles. The Balaban J connectivity index is 1.37. The zero-order valence-electron chi connectivity index (χ0n) is 19.2. The molecular weight excluding hydrogens is 370 g/mol. The molecule has 164 valence electrons. The fraction of sp³-hybridized carbons (Fsp3) is 0.741. The maximum atomic E-state index is 10.2. The topological polar surface area (TPSA) is 42.4 Å². The van der Waals surface area contributed by atoms with E-state index in [1.807, 2.05) is 18.5 Å². The van der Waals surface area contributed by atoms with E-state index in [1.54, 1.807) is 5.57 Å². The summed E-state index contributed by atoms with van der Waals surface area (Å²) in [6.07, 6.45) is 16.0. The highest BCUT2D eigenvalue weighted by atomic mass is 16.5. The van der Waals surface area contributed by atoms with Crippen LogP contribution in [-0.4, -0.2) is 22.3 Å². The number of allylic oxidation sites excluding steroid dienone is 1. The number of aliphatic hydroxyl groups is 1. The van der Waals surface area contributed by atoms with E-state index in [9.17, 15) is 5.11 Å². The molecule has 0 aliphatic heterocycles. The lowest BCUT2D eigenvalue weighted by Gasteiger charge is -2.58. The highest BCUT2D eigenvalue weighted by Gasteiger charge is 2.59. The van der Waals surface area contributed by atoms with Crippen molar-refractivity contribution in [1.29, 1.82) is 0 Å². The van der Waals surface area contributed by atoms with Crippen LogP contribution in [0.2, 0.25) is 0 Å². The molecule has 4 aliphatic rings. The van der Waals surface area contributed by atoms with Crippen LogP contribution in [0.4, 0.5) is 0 Å². The Labute approximate surface area is 182 Å². The predicted octanol–water partition coefficient (Wildman–Crippen LogP) is 6.10. The van der Waals surface area contributed by atoms with Crippen molar-refractivity contribution in [2.24, 2.45) is 34.5 Å². The molecule has 3 saturated carbocycles. The fourth-order valence-corrected chi connectivity index (χ4v) is 8.31. The Kier molecular flexibility index (Phi) is 5.04. The molecule has 3 fully saturated rings. The van der Waals surface area contributed by atoms with Gasteiger partial charge >= 0.3 is 0 Å². The van der Waals surface area contributed by atoms with Gasteiger partial charge in [-0.2, -0.15) is 0 Å². The minimum Gasteiger partial charge on any atom is -0.489 e. The van der Waals surface area contributed by atoms with Gasteiger partial charge in [0.2, 0.25) is 0 Å². The van der Waals surface area contributed by atoms with Gasteiger partial charge in [0.1, 0.15) is 5.75 Å². The van der Waals surface area contributed by atoms with Gasteiger partial charge in [-0.25, -0.2) is 0 Å². The van der Waals surface area contributed by atoms with E-state index in [0.717, 1.165) is 36.3 Å². The van der Waals surface area contributed by atoms with Crippen LogP contribution in [0.1, 0.15) is 77.7 Å². The van der Waals surface area contributed by atoms with Crippen LogP contribution < -0.4 is 4.74 Å². The molecule has 0 spiro atoms. The standard InChI is InChI=1S/C27H39NO2/c1-17-11-14-28-16-25(17)30-18(2)22-7-8-23-21-6-5-19-15-20(29)9-12-26(19,3)24(21)10-13-27(22,23)4/h5,11,14,16,18,20-24,29H,6-10,12-13,15H2,1-4H3/t18-,20-,21-,22+,23-,24-,26-,27+/m0/s1. The van der Waals surface area contributed by atoms with Crippen molar-refractivity contribution in [2.45, 2.75) is 91.3 Å². The lowest BCUT2D eigenvalue weighted by molar-refractivity contribution is -0.0644. The summed E-state index contributed by atoms with van der Waals surface area (Å²) in [5.41, 5.74) is 3.46. The second-order valence-electron chi connectivity index (χ2n) is 11.3. The number of nitrogens with zero attached hydrogens (tertiary/aromatic N) is 1. The molecule has 3 heteroatoms. The lowest BCUT2D eigenvalue weighted by Crippen LogP contribution is -2.51. The summed E-state index contributed by atoms with van der Waals surface area (Å²) in [4.78, 5) is 4.28. The zero-order chi connectivity index (χ0) is 21.1. The molecule has 0 radical (unpaired) electrons. The van der Waals surface area contributed by atoms with Crippen molar-refractivity contribution in [1.82, 2.24) is 4.98 Å². The number of aromatic nitrogens is 1. The Morgan fingerprint density at radius 2 is 1.97 bits per heavy atom. The zero-order valence-corrected chi connectivity index (χ0v) is 19.2. The summed E-state index contributed by atoms with van der Waals surface area (Å²) in [5, 5.41) is 10.2. The molecule has 8 atom stereocenters. The first-order chi connectivity index (χ1) is 14.3. The summed E-state index contributed by atoms with van der Waals surface area (Å²) in [7, 11) is 0. The minimum atomic E-state index is -0.112. The molecule has 4 aliphatic carbocycles. The summed E-state index contributed by atoms with van der Waals surface area (Å²) >= 11 is 0. The largest absolute Gasteiger partial charge is 0.489 e. The molecule has 5 rings (SSSR count). The minimum absolute atomic E-state index is 0.112. The third-order valence-electron chi connectivity index (χ3n) is 10.0. The van der Waals surface area contributed by atoms with Crippen LogP contribution >= 0.6 is 0 Å². The number of aryl methyl sites for hydroxylation is 1. The quantitative estimate of drug-likeness (QED) is 0.614. The Hall–Kier alpha value is -1.35. The van der Waals surface area contributed by atoms with E-state index in [4.69, 9.17) is 4.74 Å². The normalized spacial score (nSPS) is 43.8. The molecular formula is C27H39NO2. The number of pyridine rings is 1. The molecule has 3 nitrogen and oxygen atoms in total. The number of hydrogen-bond donors (Lipinski definition) is 1. The second kappa shape index (κ2) is 7.36. The van der Waals surface area contributed by atoms with Gasteiger partial charge in [0, 0.05) is 12.1 Å². The monoisotopic (exact) mass is 409 g/mol. The highest BCUT2D eigenvalue weighted by Crippen LogP contribution is 2.66. The first-order valence-corrected chi connectivity index (χ1v) is 12.3. The number of aliphatic hydroxyl groups excluding tert-OH is 1. The first kappa shape index (κ1) is 20.5. The summed E-state index contributed by atoms with van der Waals surface area (Å²) in [5.74, 6) is 3.99. The van der Waals surface area contributed by atoms with Crippen molar-refractivity contribution in [3.63, 3.8) is 0 Å². The molecule has 30 heavy (non-hydrogen) atoms. The molecule has 0 bridgehead atoms. The van der Waals surface area contributed by atoms with Crippen LogP contribution in [0.25, 0.3) is 0 Å². The van der Waals surface area contributed by atoms with Crippen molar-refractivity contribution in [2.75, 3.05) is 0 Å². The van der Waals surface area contributed by atoms with Gasteiger partial charge in [0.05, 0.1) is 18.4 Å². The van der Waals surface area contributed by atoms with Gasteiger partial charge in [-0.3, -0.25) is 4.98 Å². The van der Waals surface area contributed by atoms with Crippen LogP contribution in [-0.2, 0) is 0 Å². The maximum absolute atomic E-state index is 10.2. The van der Waals surface area contributed by atoms with E-state index in [2.05, 4.69) is 38.8 Å². The summed E-state index contributed by atoms with van der Waals surface area (Å²) < 4.78 is 6.49. The van der Waals surface area contributed by atoms with Crippen LogP contribution in [0.5, 0.6) is 5.75 Å². The number of rotatable bonds is 3. The molecule has 1 aromatic rings. The molecule has 0 amide bonds. The Bertz CT molecular complexity index is 834. The van der Waals surface area contributed by atoms with E-state index < -0.39 is 0 Å². The smallest absolute Gasteiger partial charge is 0.140 e. The van der Waals surface area contributed by atoms with Gasteiger partial charge < -0.3 is 9.84 Å². The maximum Gasteiger partial charge on any atom is 0.140 e. The van der Waals surface area contributed by atoms with Crippen molar-refractivity contribution in [3.05, 3.63) is 35.7 Å². The van der Waals surface area contributed by atoms with E-state index >= 15 is 0 Å². The fourth-order valence-electron chi connectivity index (χ4n) is 8.31.